The molecule has 2 aliphatic rings. The van der Waals surface area contributed by atoms with Gasteiger partial charge < -0.3 is 25.4 Å². The third-order valence-corrected chi connectivity index (χ3v) is 10.8. The van der Waals surface area contributed by atoms with E-state index in [2.05, 4.69) is 75.0 Å². The molecule has 290 valence electrons. The Bertz CT molecular complexity index is 2760. The lowest BCUT2D eigenvalue weighted by atomic mass is 9.75. The zero-order chi connectivity index (χ0) is 40.2. The number of aryl methyl sites for hydroxylation is 1. The highest BCUT2D eigenvalue weighted by Gasteiger charge is 2.37. The Labute approximate surface area is 335 Å². The average Bonchev–Trinajstić information content (AvgIpc) is 3.26. The molecule has 2 atom stereocenters. The number of hydrogen-bond donors (Lipinski definition) is 2. The fraction of sp³-hybridized carbons (Fsp3) is 0.170. The average molecular weight is 771 g/mol. The van der Waals surface area contributed by atoms with E-state index in [0.717, 1.165) is 41.5 Å². The maximum atomic E-state index is 14.3. The van der Waals surface area contributed by atoms with Gasteiger partial charge in [0.25, 0.3) is 5.91 Å². The van der Waals surface area contributed by atoms with Gasteiger partial charge in [0.05, 0.1) is 32.7 Å². The van der Waals surface area contributed by atoms with Crippen molar-refractivity contribution in [1.82, 2.24) is 15.0 Å². The van der Waals surface area contributed by atoms with Crippen molar-refractivity contribution in [3.05, 3.63) is 171 Å². The van der Waals surface area contributed by atoms with Gasteiger partial charge in [-0.05, 0) is 98.8 Å². The lowest BCUT2D eigenvalue weighted by Crippen LogP contribution is -2.38. The number of hydrazone groups is 1. The summed E-state index contributed by atoms with van der Waals surface area (Å²) in [5, 5.41) is 11.5. The van der Waals surface area contributed by atoms with Gasteiger partial charge in [0, 0.05) is 35.9 Å². The summed E-state index contributed by atoms with van der Waals surface area (Å²) in [6.07, 6.45) is 11.3. The molecule has 0 saturated carbocycles. The lowest BCUT2D eigenvalue weighted by molar-refractivity contribution is -0.129. The number of ether oxygens (including phenoxy) is 2. The molecule has 0 saturated heterocycles. The Hall–Kier alpha value is -7.27. The first kappa shape index (κ1) is 37.6. The largest absolute Gasteiger partial charge is 0.493 e. The fourth-order valence-corrected chi connectivity index (χ4v) is 8.15. The van der Waals surface area contributed by atoms with Crippen LogP contribution in [0.15, 0.2) is 136 Å². The van der Waals surface area contributed by atoms with Crippen LogP contribution in [-0.4, -0.2) is 41.3 Å². The van der Waals surface area contributed by atoms with Gasteiger partial charge >= 0.3 is 5.63 Å². The van der Waals surface area contributed by atoms with Gasteiger partial charge in [-0.25, -0.2) is 14.8 Å². The molecule has 2 unspecified atom stereocenters. The number of amides is 1. The number of nitrogen functional groups attached to an aromatic ring is 2. The van der Waals surface area contributed by atoms with Crippen molar-refractivity contribution in [3.63, 3.8) is 0 Å². The van der Waals surface area contributed by atoms with E-state index in [9.17, 15) is 9.59 Å². The first-order valence-corrected chi connectivity index (χ1v) is 19.0. The molecule has 1 aliphatic carbocycles. The summed E-state index contributed by atoms with van der Waals surface area (Å²) in [5.41, 5.74) is 18.7. The predicted octanol–water partition coefficient (Wildman–Crippen LogP) is 7.93. The molecule has 0 bridgehead atoms. The Morgan fingerprint density at radius 1 is 0.914 bits per heavy atom. The van der Waals surface area contributed by atoms with Crippen LogP contribution in [0.25, 0.3) is 27.6 Å². The molecule has 7 aromatic rings. The molecular weight excluding hydrogens is 729 g/mol. The maximum absolute atomic E-state index is 14.3. The second-order valence-corrected chi connectivity index (χ2v) is 14.3. The van der Waals surface area contributed by atoms with Crippen LogP contribution >= 0.6 is 0 Å². The minimum atomic E-state index is -0.303. The molecule has 1 amide bonds. The van der Waals surface area contributed by atoms with Crippen molar-refractivity contribution in [2.24, 2.45) is 11.0 Å². The van der Waals surface area contributed by atoms with E-state index in [0.29, 0.717) is 29.3 Å². The van der Waals surface area contributed by atoms with Gasteiger partial charge in [-0.3, -0.25) is 4.79 Å². The molecule has 11 heteroatoms. The predicted molar refractivity (Wildman–Crippen MR) is 228 cm³/mol. The monoisotopic (exact) mass is 770 g/mol. The summed E-state index contributed by atoms with van der Waals surface area (Å²) in [6.45, 7) is 0. The second kappa shape index (κ2) is 16.4. The fourth-order valence-electron chi connectivity index (χ4n) is 8.15. The quantitative estimate of drug-likeness (QED) is 0.121. The van der Waals surface area contributed by atoms with E-state index >= 15 is 0 Å². The first-order chi connectivity index (χ1) is 28.3. The van der Waals surface area contributed by atoms with E-state index in [1.807, 2.05) is 24.3 Å². The Balaban J connectivity index is 0.000000608. The summed E-state index contributed by atoms with van der Waals surface area (Å²) in [5.74, 6) is 1.41. The van der Waals surface area contributed by atoms with Gasteiger partial charge in [0.2, 0.25) is 5.95 Å². The standard InChI is InChI=1S/C42H38N6O3.C5H4O2/c1-50-37-21-25(20-31-23-45-42(44)47-41(31)43)19-29(40(37)51-2)15-18-38(49)48-39(33-10-6-4-8-30(33)24-46-48)28-12-11-27-14-16-34-32-9-5-3-7-26(32)13-17-35(34)36(27)22-28;6-5-3-1-2-4-7-5/h3-10,13-19,21,23-24,28,39H,11-12,20,22H2,1-2H3,(H4,43,44,45,47);1-4H/b18-15+;. The highest BCUT2D eigenvalue weighted by atomic mass is 16.5. The molecule has 0 radical (unpaired) electrons. The molecular formula is C47H42N6O5. The van der Waals surface area contributed by atoms with Crippen molar-refractivity contribution in [1.29, 1.82) is 0 Å². The van der Waals surface area contributed by atoms with Crippen molar-refractivity contribution < 1.29 is 18.7 Å². The molecule has 3 heterocycles. The molecule has 2 aromatic heterocycles. The molecule has 58 heavy (non-hydrogen) atoms. The van der Waals surface area contributed by atoms with E-state index < -0.39 is 0 Å². The van der Waals surface area contributed by atoms with Crippen LogP contribution in [0.1, 0.15) is 51.4 Å². The highest BCUT2D eigenvalue weighted by molar-refractivity contribution is 6.08. The summed E-state index contributed by atoms with van der Waals surface area (Å²) < 4.78 is 15.8. The zero-order valence-corrected chi connectivity index (χ0v) is 32.2. The Kier molecular flexibility index (Phi) is 10.7. The minimum Gasteiger partial charge on any atom is -0.493 e. The third kappa shape index (κ3) is 7.62. The normalized spacial score (nSPS) is 15.7. The minimum absolute atomic E-state index is 0.117. The number of anilines is 2. The number of nitrogens with zero attached hydrogens (tertiary/aromatic N) is 4. The van der Waals surface area contributed by atoms with Crippen molar-refractivity contribution >= 4 is 51.5 Å². The molecule has 0 spiro atoms. The van der Waals surface area contributed by atoms with Crippen molar-refractivity contribution in [2.45, 2.75) is 31.7 Å². The van der Waals surface area contributed by atoms with Crippen molar-refractivity contribution in [3.8, 4) is 11.5 Å². The van der Waals surface area contributed by atoms with Crippen LogP contribution in [0.5, 0.6) is 11.5 Å². The number of fused-ring (bicyclic) bond motifs is 6. The van der Waals surface area contributed by atoms with E-state index in [1.165, 1.54) is 45.0 Å². The number of aromatic nitrogens is 2. The van der Waals surface area contributed by atoms with Gasteiger partial charge in [0.15, 0.2) is 11.5 Å². The number of benzene rings is 5. The van der Waals surface area contributed by atoms with Crippen molar-refractivity contribution in [2.75, 3.05) is 25.7 Å². The zero-order valence-electron chi connectivity index (χ0n) is 32.2. The first-order valence-electron chi connectivity index (χ1n) is 19.0. The maximum Gasteiger partial charge on any atom is 0.335 e. The molecule has 4 N–H and O–H groups in total. The lowest BCUT2D eigenvalue weighted by Gasteiger charge is -2.39. The summed E-state index contributed by atoms with van der Waals surface area (Å²) >= 11 is 0. The van der Waals surface area contributed by atoms with E-state index in [1.54, 1.807) is 55.9 Å². The van der Waals surface area contributed by atoms with Crippen LogP contribution in [-0.2, 0) is 24.1 Å². The number of hydrogen-bond acceptors (Lipinski definition) is 10. The highest BCUT2D eigenvalue weighted by Crippen LogP contribution is 2.43. The van der Waals surface area contributed by atoms with Crippen LogP contribution in [0, 0.1) is 5.92 Å². The number of rotatable bonds is 7. The van der Waals surface area contributed by atoms with E-state index in [4.69, 9.17) is 26.0 Å². The summed E-state index contributed by atoms with van der Waals surface area (Å²) in [7, 11) is 3.16. The van der Waals surface area contributed by atoms with Crippen LogP contribution in [0.2, 0.25) is 0 Å². The van der Waals surface area contributed by atoms with Crippen LogP contribution in [0.4, 0.5) is 11.8 Å². The van der Waals surface area contributed by atoms with Gasteiger partial charge in [-0.15, -0.1) is 0 Å². The van der Waals surface area contributed by atoms with Gasteiger partial charge in [-0.2, -0.15) is 10.1 Å². The molecule has 11 nitrogen and oxygen atoms in total. The SMILES string of the molecule is COc1cc(Cc2cnc(N)nc2N)cc(/C=C/C(=O)N2N=Cc3ccccc3C2C2CCc3ccc4c(ccc5ccccc54)c3C2)c1OC.O=c1cccco1. The smallest absolute Gasteiger partial charge is 0.335 e. The second-order valence-electron chi connectivity index (χ2n) is 14.3. The van der Waals surface area contributed by atoms with Gasteiger partial charge in [-0.1, -0.05) is 78.9 Å². The number of carbonyl (C=O) groups excluding carboxylic acids is 1. The van der Waals surface area contributed by atoms with Crippen LogP contribution in [0.3, 0.4) is 0 Å². The van der Waals surface area contributed by atoms with Gasteiger partial charge in [0.1, 0.15) is 5.82 Å². The number of nitrogens with two attached hydrogens (primary N) is 2. The van der Waals surface area contributed by atoms with Crippen LogP contribution < -0.4 is 26.6 Å². The molecule has 1 aliphatic heterocycles. The summed E-state index contributed by atoms with van der Waals surface area (Å²) in [4.78, 5) is 32.5. The number of methoxy groups -OCH3 is 2. The Morgan fingerprint density at radius 3 is 2.50 bits per heavy atom. The molecule has 5 aromatic carbocycles. The summed E-state index contributed by atoms with van der Waals surface area (Å²) in [6, 6.07) is 34.1. The third-order valence-electron chi connectivity index (χ3n) is 10.8. The molecule has 0 fully saturated rings. The molecule has 9 rings (SSSR count). The van der Waals surface area contributed by atoms with E-state index in [-0.39, 0.29) is 29.4 Å². The Morgan fingerprint density at radius 2 is 1.72 bits per heavy atom. The topological polar surface area (TPSA) is 159 Å². The number of carbonyl (C=O) groups is 1.